The van der Waals surface area contributed by atoms with Crippen LogP contribution in [0.1, 0.15) is 68.7 Å². The molecule has 0 aromatic heterocycles. The highest BCUT2D eigenvalue weighted by Crippen LogP contribution is 2.37. The van der Waals surface area contributed by atoms with E-state index < -0.39 is 37.6 Å². The normalized spacial score (nSPS) is 15.5. The van der Waals surface area contributed by atoms with Crippen LogP contribution in [0.5, 0.6) is 11.5 Å². The lowest BCUT2D eigenvalue weighted by Gasteiger charge is -2.24. The molecule has 1 saturated carbocycles. The molecule has 6 N–H and O–H groups in total. The minimum atomic E-state index is -4.69. The summed E-state index contributed by atoms with van der Waals surface area (Å²) in [4.78, 5) is 54.6. The molecule has 0 bridgehead atoms. The first-order chi connectivity index (χ1) is 18.9. The molecule has 1 aliphatic rings. The van der Waals surface area contributed by atoms with Crippen molar-refractivity contribution in [2.45, 2.75) is 70.9 Å². The van der Waals surface area contributed by atoms with Crippen LogP contribution < -0.4 is 25.6 Å². The number of primary amides is 1. The highest BCUT2D eigenvalue weighted by molar-refractivity contribution is 7.46. The van der Waals surface area contributed by atoms with Gasteiger partial charge in [-0.1, -0.05) is 37.5 Å². The number of nitrogens with two attached hydrogens (primary N) is 1. The van der Waals surface area contributed by atoms with E-state index in [9.17, 15) is 18.9 Å². The van der Waals surface area contributed by atoms with E-state index in [-0.39, 0.29) is 18.6 Å². The van der Waals surface area contributed by atoms with Crippen LogP contribution >= 0.6 is 7.82 Å². The predicted octanol–water partition coefficient (Wildman–Crippen LogP) is 3.07. The Bertz CT molecular complexity index is 1220. The maximum atomic E-state index is 13.2. The number of nitrogens with one attached hydrogen (secondary N) is 2. The molecule has 218 valence electrons. The second-order valence-electron chi connectivity index (χ2n) is 10.2. The third-order valence-electron chi connectivity index (χ3n) is 6.79. The number of phosphoric ester groups is 1. The molecule has 2 aromatic rings. The summed E-state index contributed by atoms with van der Waals surface area (Å²) >= 11 is 0. The van der Waals surface area contributed by atoms with E-state index in [1.165, 1.54) is 38.3 Å². The molecule has 3 amide bonds. The summed E-state index contributed by atoms with van der Waals surface area (Å²) in [5, 5.41) is 5.55. The SMILES string of the molecule is CC(=O)N[C@@H](Cc1ccc(OP(=O)(O)O)cc1)C(=O)NC(C)c1ccc(OCC2CCCCC2)c(CC(N)=O)c1. The number of phosphoric acid groups is 1. The average molecular weight is 576 g/mol. The van der Waals surface area contributed by atoms with Gasteiger partial charge in [0.25, 0.3) is 0 Å². The average Bonchev–Trinajstić information content (AvgIpc) is 2.87. The smallest absolute Gasteiger partial charge is 0.493 e. The van der Waals surface area contributed by atoms with Crippen molar-refractivity contribution in [3.63, 3.8) is 0 Å². The molecule has 11 nitrogen and oxygen atoms in total. The number of hydrogen-bond donors (Lipinski definition) is 5. The van der Waals surface area contributed by atoms with Crippen LogP contribution in [0.2, 0.25) is 0 Å². The van der Waals surface area contributed by atoms with Crippen LogP contribution in [0.15, 0.2) is 42.5 Å². The zero-order valence-electron chi connectivity index (χ0n) is 22.8. The van der Waals surface area contributed by atoms with Gasteiger partial charge < -0.3 is 25.6 Å². The lowest BCUT2D eigenvalue weighted by atomic mass is 9.90. The van der Waals surface area contributed by atoms with E-state index in [2.05, 4.69) is 15.2 Å². The number of rotatable bonds is 13. The van der Waals surface area contributed by atoms with Gasteiger partial charge in [0.2, 0.25) is 17.7 Å². The molecule has 12 heteroatoms. The molecule has 0 aliphatic heterocycles. The van der Waals surface area contributed by atoms with Crippen LogP contribution in [0.4, 0.5) is 0 Å². The van der Waals surface area contributed by atoms with Crippen LogP contribution in [0.25, 0.3) is 0 Å². The molecule has 1 aliphatic carbocycles. The molecule has 1 unspecified atom stereocenters. The molecular formula is C28H38N3O8P. The van der Waals surface area contributed by atoms with Gasteiger partial charge in [0.05, 0.1) is 19.1 Å². The molecule has 1 fully saturated rings. The van der Waals surface area contributed by atoms with Crippen molar-refractivity contribution < 1.29 is 38.0 Å². The first kappa shape index (κ1) is 31.1. The third-order valence-corrected chi connectivity index (χ3v) is 7.24. The van der Waals surface area contributed by atoms with Crippen molar-refractivity contribution >= 4 is 25.5 Å². The maximum absolute atomic E-state index is 13.2. The molecule has 0 radical (unpaired) electrons. The summed E-state index contributed by atoms with van der Waals surface area (Å²) in [6.45, 7) is 3.69. The lowest BCUT2D eigenvalue weighted by molar-refractivity contribution is -0.128. The molecule has 0 heterocycles. The van der Waals surface area contributed by atoms with E-state index in [4.69, 9.17) is 20.3 Å². The summed E-state index contributed by atoms with van der Waals surface area (Å²) in [5.74, 6) is -0.226. The zero-order chi connectivity index (χ0) is 29.3. The quantitative estimate of drug-likeness (QED) is 0.226. The Kier molecular flexibility index (Phi) is 11.1. The third kappa shape index (κ3) is 10.3. The van der Waals surface area contributed by atoms with Gasteiger partial charge in [0, 0.05) is 18.9 Å². The summed E-state index contributed by atoms with van der Waals surface area (Å²) in [6, 6.07) is 9.93. The fourth-order valence-electron chi connectivity index (χ4n) is 4.81. The van der Waals surface area contributed by atoms with Crippen molar-refractivity contribution in [3.8, 4) is 11.5 Å². The van der Waals surface area contributed by atoms with Crippen molar-refractivity contribution in [2.24, 2.45) is 11.7 Å². The number of carbonyl (C=O) groups excluding carboxylic acids is 3. The molecule has 2 aromatic carbocycles. The van der Waals surface area contributed by atoms with Gasteiger partial charge in [-0.25, -0.2) is 4.57 Å². The predicted molar refractivity (Wildman–Crippen MR) is 148 cm³/mol. The molecule has 0 spiro atoms. The highest BCUT2D eigenvalue weighted by Gasteiger charge is 2.23. The molecular weight excluding hydrogens is 537 g/mol. The summed E-state index contributed by atoms with van der Waals surface area (Å²) in [7, 11) is -4.69. The minimum absolute atomic E-state index is 0.00471. The Morgan fingerprint density at radius 1 is 1.05 bits per heavy atom. The van der Waals surface area contributed by atoms with Crippen LogP contribution in [-0.2, 0) is 31.8 Å². The second-order valence-corrected chi connectivity index (χ2v) is 11.4. The Morgan fingerprint density at radius 2 is 1.73 bits per heavy atom. The standard InChI is InChI=1S/C28H38N3O8P/c1-18(22-10-13-26(23(15-22)16-27(29)33)38-17-21-6-4-3-5-7-21)30-28(34)25(31-19(2)32)14-20-8-11-24(12-9-20)39-40(35,36)37/h8-13,15,18,21,25H,3-7,14,16-17H2,1-2H3,(H2,29,33)(H,30,34)(H,31,32)(H2,35,36,37)/t18?,25-/m0/s1. The topological polar surface area (TPSA) is 177 Å². The van der Waals surface area contributed by atoms with Crippen LogP contribution in [-0.4, -0.2) is 40.2 Å². The van der Waals surface area contributed by atoms with Gasteiger partial charge in [-0.05, 0) is 61.1 Å². The van der Waals surface area contributed by atoms with Crippen molar-refractivity contribution in [3.05, 3.63) is 59.2 Å². The monoisotopic (exact) mass is 575 g/mol. The van der Waals surface area contributed by atoms with E-state index in [0.717, 1.165) is 18.4 Å². The van der Waals surface area contributed by atoms with E-state index >= 15 is 0 Å². The first-order valence-corrected chi connectivity index (χ1v) is 14.9. The Balaban J connectivity index is 1.69. The van der Waals surface area contributed by atoms with Crippen molar-refractivity contribution in [1.82, 2.24) is 10.6 Å². The Morgan fingerprint density at radius 3 is 2.33 bits per heavy atom. The van der Waals surface area contributed by atoms with Gasteiger partial charge in [0.1, 0.15) is 17.5 Å². The van der Waals surface area contributed by atoms with Crippen LogP contribution in [0, 0.1) is 5.92 Å². The summed E-state index contributed by atoms with van der Waals surface area (Å²) < 4.78 is 21.7. The van der Waals surface area contributed by atoms with Gasteiger partial charge in [-0.3, -0.25) is 24.2 Å². The second kappa shape index (κ2) is 14.3. The number of carbonyl (C=O) groups is 3. The largest absolute Gasteiger partial charge is 0.524 e. The zero-order valence-corrected chi connectivity index (χ0v) is 23.7. The molecule has 40 heavy (non-hydrogen) atoms. The summed E-state index contributed by atoms with van der Waals surface area (Å²) in [6.07, 6.45) is 6.06. The maximum Gasteiger partial charge on any atom is 0.524 e. The number of amides is 3. The lowest BCUT2D eigenvalue weighted by Crippen LogP contribution is -2.48. The molecule has 0 saturated heterocycles. The number of hydrogen-bond acceptors (Lipinski definition) is 6. The minimum Gasteiger partial charge on any atom is -0.493 e. The fourth-order valence-corrected chi connectivity index (χ4v) is 5.20. The van der Waals surface area contributed by atoms with Gasteiger partial charge in [0.15, 0.2) is 0 Å². The Hall–Kier alpha value is -3.40. The van der Waals surface area contributed by atoms with Crippen LogP contribution in [0.3, 0.4) is 0 Å². The first-order valence-electron chi connectivity index (χ1n) is 13.3. The van der Waals surface area contributed by atoms with E-state index in [0.29, 0.717) is 29.4 Å². The summed E-state index contributed by atoms with van der Waals surface area (Å²) in [5.41, 5.74) is 7.52. The van der Waals surface area contributed by atoms with Gasteiger partial charge in [-0.15, -0.1) is 0 Å². The van der Waals surface area contributed by atoms with Crippen molar-refractivity contribution in [1.29, 1.82) is 0 Å². The molecule has 2 atom stereocenters. The highest BCUT2D eigenvalue weighted by atomic mass is 31.2. The Labute approximate surface area is 234 Å². The van der Waals surface area contributed by atoms with Gasteiger partial charge >= 0.3 is 7.82 Å². The van der Waals surface area contributed by atoms with Gasteiger partial charge in [-0.2, -0.15) is 0 Å². The number of benzene rings is 2. The van der Waals surface area contributed by atoms with Crippen molar-refractivity contribution in [2.75, 3.05) is 6.61 Å². The van der Waals surface area contributed by atoms with E-state index in [1.54, 1.807) is 31.2 Å². The fraction of sp³-hybridized carbons (Fsp3) is 0.464. The van der Waals surface area contributed by atoms with E-state index in [1.807, 2.05) is 6.07 Å². The number of ether oxygens (including phenoxy) is 1. The molecule has 3 rings (SSSR count).